The highest BCUT2D eigenvalue weighted by Crippen LogP contribution is 2.05. The molecule has 8 heteroatoms. The number of sulfonamides is 1. The van der Waals surface area contributed by atoms with E-state index in [0.29, 0.717) is 13.1 Å². The average molecular weight is 272 g/mol. The van der Waals surface area contributed by atoms with Gasteiger partial charge in [0.1, 0.15) is 0 Å². The highest BCUT2D eigenvalue weighted by molar-refractivity contribution is 7.89. The standard InChI is InChI=1S/C10H16N4O3S/c15-10(14-5-3-11-4-6-14)8-13-18(16,17)9-1-2-12-7-9/h1-2,7,11-13H,3-6,8H2. The topological polar surface area (TPSA) is 94.3 Å². The summed E-state index contributed by atoms with van der Waals surface area (Å²) >= 11 is 0. The molecule has 0 atom stereocenters. The highest BCUT2D eigenvalue weighted by Gasteiger charge is 2.20. The molecular weight excluding hydrogens is 256 g/mol. The van der Waals surface area contributed by atoms with Gasteiger partial charge >= 0.3 is 0 Å². The molecule has 1 fully saturated rings. The molecular formula is C10H16N4O3S. The van der Waals surface area contributed by atoms with Crippen molar-refractivity contribution >= 4 is 15.9 Å². The van der Waals surface area contributed by atoms with E-state index < -0.39 is 10.0 Å². The van der Waals surface area contributed by atoms with Crippen LogP contribution in [0.5, 0.6) is 0 Å². The van der Waals surface area contributed by atoms with Crippen molar-refractivity contribution < 1.29 is 13.2 Å². The molecule has 2 rings (SSSR count). The number of nitrogens with zero attached hydrogens (tertiary/aromatic N) is 1. The lowest BCUT2D eigenvalue weighted by molar-refractivity contribution is -0.130. The van der Waals surface area contributed by atoms with E-state index in [2.05, 4.69) is 15.0 Å². The zero-order chi connectivity index (χ0) is 13.0. The van der Waals surface area contributed by atoms with Crippen LogP contribution in [0, 0.1) is 0 Å². The van der Waals surface area contributed by atoms with Crippen molar-refractivity contribution in [2.75, 3.05) is 32.7 Å². The van der Waals surface area contributed by atoms with E-state index in [1.807, 2.05) is 0 Å². The maximum atomic E-state index is 11.8. The van der Waals surface area contributed by atoms with Gasteiger partial charge in [-0.15, -0.1) is 0 Å². The van der Waals surface area contributed by atoms with E-state index in [1.54, 1.807) is 4.90 Å². The average Bonchev–Trinajstić information content (AvgIpc) is 2.92. The van der Waals surface area contributed by atoms with E-state index in [0.717, 1.165) is 13.1 Å². The number of hydrogen-bond acceptors (Lipinski definition) is 4. The third-order valence-corrected chi connectivity index (χ3v) is 4.16. The predicted molar refractivity (Wildman–Crippen MR) is 65.4 cm³/mol. The Kier molecular flexibility index (Phi) is 4.00. The monoisotopic (exact) mass is 272 g/mol. The van der Waals surface area contributed by atoms with Gasteiger partial charge in [0, 0.05) is 38.6 Å². The van der Waals surface area contributed by atoms with Crippen LogP contribution in [-0.2, 0) is 14.8 Å². The maximum Gasteiger partial charge on any atom is 0.242 e. The second kappa shape index (κ2) is 5.51. The third kappa shape index (κ3) is 3.09. The van der Waals surface area contributed by atoms with Gasteiger partial charge in [-0.05, 0) is 6.07 Å². The van der Waals surface area contributed by atoms with Crippen LogP contribution in [0.15, 0.2) is 23.4 Å². The number of carbonyl (C=O) groups excluding carboxylic acids is 1. The Morgan fingerprint density at radius 3 is 2.72 bits per heavy atom. The quantitative estimate of drug-likeness (QED) is 0.636. The number of nitrogens with one attached hydrogen (secondary N) is 3. The van der Waals surface area contributed by atoms with Crippen LogP contribution in [0.4, 0.5) is 0 Å². The number of aromatic amines is 1. The summed E-state index contributed by atoms with van der Waals surface area (Å²) in [5, 5.41) is 3.13. The summed E-state index contributed by atoms with van der Waals surface area (Å²) in [5.74, 6) is -0.199. The summed E-state index contributed by atoms with van der Waals surface area (Å²) in [6.45, 7) is 2.52. The van der Waals surface area contributed by atoms with Crippen molar-refractivity contribution in [3.63, 3.8) is 0 Å². The Hall–Kier alpha value is -1.38. The minimum absolute atomic E-state index is 0.135. The van der Waals surface area contributed by atoms with Gasteiger partial charge in [-0.25, -0.2) is 13.1 Å². The molecule has 1 amide bonds. The number of rotatable bonds is 4. The van der Waals surface area contributed by atoms with Crippen molar-refractivity contribution in [2.24, 2.45) is 0 Å². The van der Waals surface area contributed by atoms with Gasteiger partial charge in [0.2, 0.25) is 15.9 Å². The summed E-state index contributed by atoms with van der Waals surface area (Å²) in [6, 6.07) is 1.44. The van der Waals surface area contributed by atoms with Crippen molar-refractivity contribution in [3.8, 4) is 0 Å². The van der Waals surface area contributed by atoms with Crippen LogP contribution in [0.2, 0.25) is 0 Å². The Labute approximate surface area is 106 Å². The van der Waals surface area contributed by atoms with Gasteiger partial charge in [-0.3, -0.25) is 4.79 Å². The molecule has 100 valence electrons. The van der Waals surface area contributed by atoms with Crippen molar-refractivity contribution in [2.45, 2.75) is 4.90 Å². The Bertz CT molecular complexity index is 491. The first-order valence-electron chi connectivity index (χ1n) is 5.70. The Morgan fingerprint density at radius 1 is 1.39 bits per heavy atom. The molecule has 18 heavy (non-hydrogen) atoms. The highest BCUT2D eigenvalue weighted by atomic mass is 32.2. The molecule has 7 nitrogen and oxygen atoms in total. The summed E-state index contributed by atoms with van der Waals surface area (Å²) in [6.07, 6.45) is 2.89. The number of hydrogen-bond donors (Lipinski definition) is 3. The summed E-state index contributed by atoms with van der Waals surface area (Å²) in [4.78, 5) is 16.2. The minimum Gasteiger partial charge on any atom is -0.366 e. The van der Waals surface area contributed by atoms with Crippen LogP contribution >= 0.6 is 0 Å². The van der Waals surface area contributed by atoms with Crippen molar-refractivity contribution in [3.05, 3.63) is 18.5 Å². The molecule has 1 aromatic rings. The van der Waals surface area contributed by atoms with Gasteiger partial charge in [0.25, 0.3) is 0 Å². The minimum atomic E-state index is -3.60. The van der Waals surface area contributed by atoms with Crippen molar-refractivity contribution in [1.82, 2.24) is 19.9 Å². The number of amides is 1. The fourth-order valence-corrected chi connectivity index (χ4v) is 2.69. The smallest absolute Gasteiger partial charge is 0.242 e. The Morgan fingerprint density at radius 2 is 2.11 bits per heavy atom. The zero-order valence-corrected chi connectivity index (χ0v) is 10.7. The lowest BCUT2D eigenvalue weighted by atomic mass is 10.3. The van der Waals surface area contributed by atoms with Crippen LogP contribution in [0.1, 0.15) is 0 Å². The number of piperazine rings is 1. The molecule has 2 heterocycles. The van der Waals surface area contributed by atoms with E-state index in [9.17, 15) is 13.2 Å². The molecule has 0 aliphatic carbocycles. The second-order valence-electron chi connectivity index (χ2n) is 4.00. The van der Waals surface area contributed by atoms with E-state index >= 15 is 0 Å². The Balaban J connectivity index is 1.89. The molecule has 0 aromatic carbocycles. The SMILES string of the molecule is O=C(CNS(=O)(=O)c1cc[nH]c1)N1CCNCC1. The van der Waals surface area contributed by atoms with Crippen LogP contribution in [0.25, 0.3) is 0 Å². The van der Waals surface area contributed by atoms with Gasteiger partial charge in [0.15, 0.2) is 0 Å². The van der Waals surface area contributed by atoms with E-state index in [-0.39, 0.29) is 17.3 Å². The second-order valence-corrected chi connectivity index (χ2v) is 5.77. The molecule has 3 N–H and O–H groups in total. The first-order chi connectivity index (χ1) is 8.59. The zero-order valence-electron chi connectivity index (χ0n) is 9.85. The molecule has 0 saturated carbocycles. The van der Waals surface area contributed by atoms with Crippen LogP contribution < -0.4 is 10.0 Å². The summed E-state index contributed by atoms with van der Waals surface area (Å²) < 4.78 is 25.8. The summed E-state index contributed by atoms with van der Waals surface area (Å²) in [5.41, 5.74) is 0. The molecule has 1 saturated heterocycles. The molecule has 1 aromatic heterocycles. The van der Waals surface area contributed by atoms with Gasteiger partial charge in [-0.1, -0.05) is 0 Å². The van der Waals surface area contributed by atoms with Crippen LogP contribution in [-0.4, -0.2) is 56.9 Å². The molecule has 0 radical (unpaired) electrons. The molecule has 1 aliphatic heterocycles. The van der Waals surface area contributed by atoms with E-state index in [1.165, 1.54) is 18.5 Å². The van der Waals surface area contributed by atoms with Crippen molar-refractivity contribution in [1.29, 1.82) is 0 Å². The third-order valence-electron chi connectivity index (χ3n) is 2.76. The number of carbonyl (C=O) groups is 1. The molecule has 0 unspecified atom stereocenters. The lowest BCUT2D eigenvalue weighted by Gasteiger charge is -2.27. The maximum absolute atomic E-state index is 11.8. The first kappa shape index (κ1) is 13.1. The molecule has 0 bridgehead atoms. The fourth-order valence-electron chi connectivity index (χ4n) is 1.74. The van der Waals surface area contributed by atoms with Gasteiger partial charge < -0.3 is 15.2 Å². The molecule has 0 spiro atoms. The fraction of sp³-hybridized carbons (Fsp3) is 0.500. The van der Waals surface area contributed by atoms with Gasteiger partial charge in [0.05, 0.1) is 11.4 Å². The molecule has 1 aliphatic rings. The predicted octanol–water partition coefficient (Wildman–Crippen LogP) is -1.28. The largest absolute Gasteiger partial charge is 0.366 e. The lowest BCUT2D eigenvalue weighted by Crippen LogP contribution is -2.49. The van der Waals surface area contributed by atoms with Gasteiger partial charge in [-0.2, -0.15) is 0 Å². The van der Waals surface area contributed by atoms with Crippen LogP contribution in [0.3, 0.4) is 0 Å². The number of aromatic nitrogens is 1. The number of H-pyrrole nitrogens is 1. The normalized spacial score (nSPS) is 16.8. The van der Waals surface area contributed by atoms with E-state index in [4.69, 9.17) is 0 Å². The first-order valence-corrected chi connectivity index (χ1v) is 7.19. The summed E-state index contributed by atoms with van der Waals surface area (Å²) in [7, 11) is -3.60.